The Labute approximate surface area is 160 Å². The summed E-state index contributed by atoms with van der Waals surface area (Å²) in [6.45, 7) is 7.75. The maximum atomic E-state index is 12.9. The fourth-order valence-corrected chi connectivity index (χ4v) is 3.44. The minimum Gasteiger partial charge on any atom is -0.452 e. The molecule has 0 saturated heterocycles. The van der Waals surface area contributed by atoms with Gasteiger partial charge < -0.3 is 10.1 Å². The predicted octanol–water partition coefficient (Wildman–Crippen LogP) is 3.74. The normalized spacial score (nSPS) is 14.7. The number of pyridine rings is 1. The Kier molecular flexibility index (Phi) is 5.78. The van der Waals surface area contributed by atoms with Crippen molar-refractivity contribution in [3.05, 3.63) is 40.6 Å². The number of aromatic nitrogens is 1. The number of amides is 1. The highest BCUT2D eigenvalue weighted by Gasteiger charge is 2.24. The maximum Gasteiger partial charge on any atom is 0.339 e. The number of hydrogen-bond donors (Lipinski definition) is 1. The van der Waals surface area contributed by atoms with Crippen molar-refractivity contribution >= 4 is 22.8 Å². The molecule has 5 heteroatoms. The van der Waals surface area contributed by atoms with Gasteiger partial charge >= 0.3 is 5.97 Å². The molecule has 0 saturated carbocycles. The molecule has 1 heterocycles. The molecular formula is C22H28N2O3. The van der Waals surface area contributed by atoms with E-state index in [1.807, 2.05) is 45.9 Å². The highest BCUT2D eigenvalue weighted by molar-refractivity contribution is 6.05. The van der Waals surface area contributed by atoms with Gasteiger partial charge in [-0.1, -0.05) is 25.5 Å². The van der Waals surface area contributed by atoms with Crippen LogP contribution in [0, 0.1) is 12.8 Å². The summed E-state index contributed by atoms with van der Waals surface area (Å²) in [4.78, 5) is 29.8. The van der Waals surface area contributed by atoms with Crippen LogP contribution in [-0.2, 0) is 22.4 Å². The zero-order valence-corrected chi connectivity index (χ0v) is 16.6. The van der Waals surface area contributed by atoms with Crippen LogP contribution in [0.4, 0.5) is 0 Å². The third-order valence-electron chi connectivity index (χ3n) is 5.34. The first-order chi connectivity index (χ1) is 12.9. The second-order valence-electron chi connectivity index (χ2n) is 7.82. The molecule has 1 N–H and O–H groups in total. The van der Waals surface area contributed by atoms with E-state index in [4.69, 9.17) is 9.72 Å². The third kappa shape index (κ3) is 4.29. The van der Waals surface area contributed by atoms with Gasteiger partial charge in [0.1, 0.15) is 0 Å². The van der Waals surface area contributed by atoms with Gasteiger partial charge in [0, 0.05) is 17.1 Å². The minimum atomic E-state index is -0.432. The highest BCUT2D eigenvalue weighted by atomic mass is 16.5. The van der Waals surface area contributed by atoms with Crippen LogP contribution in [-0.4, -0.2) is 29.5 Å². The van der Waals surface area contributed by atoms with Crippen molar-refractivity contribution in [2.75, 3.05) is 6.61 Å². The molecule has 2 aromatic rings. The second-order valence-corrected chi connectivity index (χ2v) is 7.82. The van der Waals surface area contributed by atoms with Crippen molar-refractivity contribution in [3.63, 3.8) is 0 Å². The van der Waals surface area contributed by atoms with Crippen LogP contribution in [0.15, 0.2) is 18.2 Å². The summed E-state index contributed by atoms with van der Waals surface area (Å²) >= 11 is 0. The Bertz CT molecular complexity index is 873. The molecule has 1 aliphatic carbocycles. The van der Waals surface area contributed by atoms with E-state index in [-0.39, 0.29) is 18.6 Å². The zero-order chi connectivity index (χ0) is 19.6. The van der Waals surface area contributed by atoms with Crippen molar-refractivity contribution in [3.8, 4) is 0 Å². The Hall–Kier alpha value is -2.43. The summed E-state index contributed by atoms with van der Waals surface area (Å²) < 4.78 is 5.41. The van der Waals surface area contributed by atoms with E-state index in [1.165, 1.54) is 0 Å². The molecule has 0 radical (unpaired) electrons. The quantitative estimate of drug-likeness (QED) is 0.817. The predicted molar refractivity (Wildman–Crippen MR) is 106 cm³/mol. The number of nitrogens with one attached hydrogen (secondary N) is 1. The van der Waals surface area contributed by atoms with Crippen LogP contribution in [0.1, 0.15) is 60.8 Å². The molecule has 0 bridgehead atoms. The molecule has 1 amide bonds. The molecule has 0 fully saturated rings. The van der Waals surface area contributed by atoms with Crippen molar-refractivity contribution in [2.24, 2.45) is 5.92 Å². The fourth-order valence-electron chi connectivity index (χ4n) is 3.44. The van der Waals surface area contributed by atoms with E-state index >= 15 is 0 Å². The Morgan fingerprint density at radius 3 is 2.67 bits per heavy atom. The summed E-state index contributed by atoms with van der Waals surface area (Å²) in [5.74, 6) is -0.379. The lowest BCUT2D eigenvalue weighted by Gasteiger charge is -2.20. The number of ether oxygens (including phenoxy) is 1. The van der Waals surface area contributed by atoms with Gasteiger partial charge in [-0.25, -0.2) is 4.79 Å². The van der Waals surface area contributed by atoms with Crippen molar-refractivity contribution < 1.29 is 14.3 Å². The number of carbonyl (C=O) groups excluding carboxylic acids is 2. The molecule has 1 aromatic heterocycles. The summed E-state index contributed by atoms with van der Waals surface area (Å²) in [6, 6.07) is 5.97. The number of benzene rings is 1. The molecule has 144 valence electrons. The average Bonchev–Trinajstić information content (AvgIpc) is 2.64. The first kappa shape index (κ1) is 19.3. The molecule has 3 rings (SSSR count). The molecule has 0 aliphatic heterocycles. The molecule has 0 spiro atoms. The van der Waals surface area contributed by atoms with E-state index in [0.717, 1.165) is 53.4 Å². The Morgan fingerprint density at radius 1 is 1.19 bits per heavy atom. The highest BCUT2D eigenvalue weighted by Crippen LogP contribution is 2.30. The van der Waals surface area contributed by atoms with Gasteiger partial charge in [-0.3, -0.25) is 9.78 Å². The molecular weight excluding hydrogens is 340 g/mol. The summed E-state index contributed by atoms with van der Waals surface area (Å²) in [7, 11) is 0. The molecule has 5 nitrogen and oxygen atoms in total. The number of nitrogens with zero attached hydrogens (tertiary/aromatic N) is 1. The lowest BCUT2D eigenvalue weighted by Crippen LogP contribution is -2.38. The van der Waals surface area contributed by atoms with Crippen molar-refractivity contribution in [2.45, 2.75) is 59.4 Å². The van der Waals surface area contributed by atoms with E-state index in [0.29, 0.717) is 11.5 Å². The standard InChI is InChI=1S/C22H28N2O3/c1-13(2)15(4)23-20(25)12-27-22(26)21-16-7-5-6-8-18(16)24-19-10-9-14(3)11-17(19)21/h9-11,13,15H,5-8,12H2,1-4H3,(H,23,25). The van der Waals surface area contributed by atoms with Gasteiger partial charge in [0.15, 0.2) is 6.61 Å². The third-order valence-corrected chi connectivity index (χ3v) is 5.34. The first-order valence-corrected chi connectivity index (χ1v) is 9.75. The second kappa shape index (κ2) is 8.07. The molecule has 1 aromatic carbocycles. The lowest BCUT2D eigenvalue weighted by molar-refractivity contribution is -0.125. The van der Waals surface area contributed by atoms with E-state index < -0.39 is 5.97 Å². The fraction of sp³-hybridized carbons (Fsp3) is 0.500. The topological polar surface area (TPSA) is 68.3 Å². The molecule has 27 heavy (non-hydrogen) atoms. The molecule has 1 aliphatic rings. The summed E-state index contributed by atoms with van der Waals surface area (Å²) in [6.07, 6.45) is 3.83. The number of rotatable bonds is 5. The van der Waals surface area contributed by atoms with Gasteiger partial charge in [-0.05, 0) is 63.1 Å². The van der Waals surface area contributed by atoms with Crippen LogP contribution < -0.4 is 5.32 Å². The van der Waals surface area contributed by atoms with Crippen LogP contribution in [0.25, 0.3) is 10.9 Å². The zero-order valence-electron chi connectivity index (χ0n) is 16.6. The summed E-state index contributed by atoms with van der Waals surface area (Å²) in [5.41, 5.74) is 4.44. The number of carbonyl (C=O) groups is 2. The van der Waals surface area contributed by atoms with E-state index in [9.17, 15) is 9.59 Å². The van der Waals surface area contributed by atoms with Crippen molar-refractivity contribution in [1.82, 2.24) is 10.3 Å². The van der Waals surface area contributed by atoms with Gasteiger partial charge in [0.2, 0.25) is 0 Å². The summed E-state index contributed by atoms with van der Waals surface area (Å²) in [5, 5.41) is 3.68. The number of aryl methyl sites for hydroxylation is 2. The minimum absolute atomic E-state index is 0.0355. The Morgan fingerprint density at radius 2 is 1.93 bits per heavy atom. The van der Waals surface area contributed by atoms with E-state index in [1.54, 1.807) is 0 Å². The lowest BCUT2D eigenvalue weighted by atomic mass is 9.89. The number of hydrogen-bond acceptors (Lipinski definition) is 4. The smallest absolute Gasteiger partial charge is 0.339 e. The Balaban J connectivity index is 1.87. The van der Waals surface area contributed by atoms with Crippen molar-refractivity contribution in [1.29, 1.82) is 0 Å². The monoisotopic (exact) mass is 368 g/mol. The number of fused-ring (bicyclic) bond motifs is 2. The van der Waals surface area contributed by atoms with Crippen LogP contribution in [0.5, 0.6) is 0 Å². The van der Waals surface area contributed by atoms with Gasteiger partial charge in [-0.2, -0.15) is 0 Å². The largest absolute Gasteiger partial charge is 0.452 e. The van der Waals surface area contributed by atoms with Gasteiger partial charge in [-0.15, -0.1) is 0 Å². The number of esters is 1. The SMILES string of the molecule is Cc1ccc2nc3c(c(C(=O)OCC(=O)NC(C)C(C)C)c2c1)CCCC3. The van der Waals surface area contributed by atoms with Crippen LogP contribution >= 0.6 is 0 Å². The first-order valence-electron chi connectivity index (χ1n) is 9.75. The van der Waals surface area contributed by atoms with Crippen LogP contribution in [0.2, 0.25) is 0 Å². The molecule has 1 atom stereocenters. The van der Waals surface area contributed by atoms with E-state index in [2.05, 4.69) is 5.32 Å². The van der Waals surface area contributed by atoms with Crippen LogP contribution in [0.3, 0.4) is 0 Å². The maximum absolute atomic E-state index is 12.9. The van der Waals surface area contributed by atoms with Gasteiger partial charge in [0.25, 0.3) is 5.91 Å². The van der Waals surface area contributed by atoms with Gasteiger partial charge in [0.05, 0.1) is 11.1 Å². The average molecular weight is 368 g/mol. The molecule has 1 unspecified atom stereocenters.